The number of hydrogen-bond donors (Lipinski definition) is 3. The van der Waals surface area contributed by atoms with E-state index in [9.17, 15) is 9.59 Å². The second kappa shape index (κ2) is 9.20. The lowest BCUT2D eigenvalue weighted by Gasteiger charge is -2.39. The summed E-state index contributed by atoms with van der Waals surface area (Å²) < 4.78 is 5.35. The summed E-state index contributed by atoms with van der Waals surface area (Å²) in [5.74, 6) is 0.742. The van der Waals surface area contributed by atoms with Crippen LogP contribution in [0, 0.1) is 19.8 Å². The molecule has 3 amide bonds. The number of benzene rings is 2. The van der Waals surface area contributed by atoms with Gasteiger partial charge in [0.15, 0.2) is 0 Å². The normalized spacial score (nSPS) is 20.4. The van der Waals surface area contributed by atoms with Crippen molar-refractivity contribution in [2.75, 3.05) is 17.7 Å². The molecule has 1 saturated carbocycles. The maximum Gasteiger partial charge on any atom is 0.322 e. The van der Waals surface area contributed by atoms with Gasteiger partial charge in [-0.25, -0.2) is 4.79 Å². The van der Waals surface area contributed by atoms with Gasteiger partial charge < -0.3 is 26.0 Å². The number of rotatable bonds is 5. The Labute approximate surface area is 189 Å². The number of nitrogens with two attached hydrogens (primary N) is 1. The van der Waals surface area contributed by atoms with E-state index in [0.29, 0.717) is 13.1 Å². The maximum absolute atomic E-state index is 12.8. The average molecular weight is 437 g/mol. The number of carbonyl (C=O) groups excluding carboxylic acids is 2. The quantitative estimate of drug-likeness (QED) is 0.650. The van der Waals surface area contributed by atoms with Crippen molar-refractivity contribution in [3.63, 3.8) is 0 Å². The zero-order valence-electron chi connectivity index (χ0n) is 19.0. The Morgan fingerprint density at radius 3 is 2.62 bits per heavy atom. The molecule has 0 spiro atoms. The number of anilines is 2. The molecule has 32 heavy (non-hydrogen) atoms. The number of amides is 3. The van der Waals surface area contributed by atoms with Crippen LogP contribution in [0.5, 0.6) is 5.75 Å². The first-order valence-corrected chi connectivity index (χ1v) is 11.3. The van der Waals surface area contributed by atoms with Crippen molar-refractivity contribution in [1.82, 2.24) is 4.90 Å². The van der Waals surface area contributed by atoms with E-state index in [4.69, 9.17) is 10.5 Å². The second-order valence-electron chi connectivity index (χ2n) is 8.82. The molecule has 4 N–H and O–H groups in total. The third kappa shape index (κ3) is 4.30. The van der Waals surface area contributed by atoms with Gasteiger partial charge >= 0.3 is 6.03 Å². The molecule has 1 fully saturated rings. The smallest absolute Gasteiger partial charge is 0.322 e. The van der Waals surface area contributed by atoms with Crippen LogP contribution in [0.4, 0.5) is 16.2 Å². The number of methoxy groups -OCH3 is 1. The van der Waals surface area contributed by atoms with Crippen LogP contribution in [-0.4, -0.2) is 30.0 Å². The van der Waals surface area contributed by atoms with Crippen LogP contribution in [0.15, 0.2) is 30.3 Å². The number of aryl methyl sites for hydroxylation is 1. The summed E-state index contributed by atoms with van der Waals surface area (Å²) in [4.78, 5) is 27.5. The molecule has 1 aliphatic carbocycles. The van der Waals surface area contributed by atoms with Gasteiger partial charge in [0.05, 0.1) is 13.7 Å². The molecule has 1 aliphatic heterocycles. The lowest BCUT2D eigenvalue weighted by atomic mass is 9.84. The van der Waals surface area contributed by atoms with Gasteiger partial charge in [0, 0.05) is 35.9 Å². The summed E-state index contributed by atoms with van der Waals surface area (Å²) in [5, 5.41) is 6.06. The van der Waals surface area contributed by atoms with Gasteiger partial charge in [-0.05, 0) is 73.9 Å². The first-order chi connectivity index (χ1) is 15.4. The van der Waals surface area contributed by atoms with Crippen molar-refractivity contribution in [3.8, 4) is 5.75 Å². The summed E-state index contributed by atoms with van der Waals surface area (Å²) in [5.41, 5.74) is 11.9. The molecule has 7 heteroatoms. The van der Waals surface area contributed by atoms with Gasteiger partial charge in [-0.3, -0.25) is 4.79 Å². The van der Waals surface area contributed by atoms with Gasteiger partial charge in [0.25, 0.3) is 0 Å². The van der Waals surface area contributed by atoms with Crippen LogP contribution in [0.1, 0.15) is 47.9 Å². The standard InChI is InChI=1S/C25H32N4O3/c1-15-4-8-19(12-23(15)32-3)27-24(30)17-5-9-20(10-6-17)29-14-21-16(2)18(13-26)7-11-22(21)28-25(29)31/h4,7-8,11-12,17,20H,5-6,9-10,13-14,26H2,1-3H3,(H,27,30)(H,28,31). The molecule has 0 aromatic heterocycles. The van der Waals surface area contributed by atoms with E-state index in [-0.39, 0.29) is 23.9 Å². The Kier molecular flexibility index (Phi) is 6.37. The number of nitrogens with zero attached hydrogens (tertiary/aromatic N) is 1. The topological polar surface area (TPSA) is 96.7 Å². The third-order valence-electron chi connectivity index (χ3n) is 6.95. The molecule has 0 atom stereocenters. The minimum absolute atomic E-state index is 0.0335. The van der Waals surface area contributed by atoms with Crippen LogP contribution < -0.4 is 21.1 Å². The van der Waals surface area contributed by atoms with Crippen molar-refractivity contribution in [2.45, 2.75) is 58.7 Å². The minimum atomic E-state index is -0.0583. The summed E-state index contributed by atoms with van der Waals surface area (Å²) in [6.45, 7) is 5.11. The zero-order valence-corrected chi connectivity index (χ0v) is 19.0. The lowest BCUT2D eigenvalue weighted by molar-refractivity contribution is -0.121. The van der Waals surface area contributed by atoms with Crippen LogP contribution >= 0.6 is 0 Å². The van der Waals surface area contributed by atoms with Crippen molar-refractivity contribution in [1.29, 1.82) is 0 Å². The summed E-state index contributed by atoms with van der Waals surface area (Å²) in [6.07, 6.45) is 3.15. The summed E-state index contributed by atoms with van der Waals surface area (Å²) >= 11 is 0. The average Bonchev–Trinajstić information content (AvgIpc) is 2.80. The van der Waals surface area contributed by atoms with E-state index in [2.05, 4.69) is 17.6 Å². The molecule has 1 heterocycles. The number of ether oxygens (including phenoxy) is 1. The highest BCUT2D eigenvalue weighted by molar-refractivity contribution is 5.94. The molecule has 2 aromatic rings. The SMILES string of the molecule is COc1cc(NC(=O)C2CCC(N3Cc4c(ccc(CN)c4C)NC3=O)CC2)ccc1C. The number of hydrogen-bond acceptors (Lipinski definition) is 4. The molecule has 4 rings (SSSR count). The van der Waals surface area contributed by atoms with Crippen LogP contribution in [0.25, 0.3) is 0 Å². The van der Waals surface area contributed by atoms with E-state index in [1.807, 2.05) is 42.2 Å². The highest BCUT2D eigenvalue weighted by Gasteiger charge is 2.34. The Bertz CT molecular complexity index is 1030. The second-order valence-corrected chi connectivity index (χ2v) is 8.82. The van der Waals surface area contributed by atoms with Crippen LogP contribution in [-0.2, 0) is 17.9 Å². The molecule has 0 saturated heterocycles. The fourth-order valence-corrected chi connectivity index (χ4v) is 4.86. The fraction of sp³-hybridized carbons (Fsp3) is 0.440. The molecule has 170 valence electrons. The van der Waals surface area contributed by atoms with Gasteiger partial charge in [-0.2, -0.15) is 0 Å². The van der Waals surface area contributed by atoms with E-state index in [1.54, 1.807) is 7.11 Å². The van der Waals surface area contributed by atoms with Crippen LogP contribution in [0.2, 0.25) is 0 Å². The highest BCUT2D eigenvalue weighted by atomic mass is 16.5. The molecular weight excluding hydrogens is 404 g/mol. The largest absolute Gasteiger partial charge is 0.496 e. The van der Waals surface area contributed by atoms with E-state index in [1.165, 1.54) is 0 Å². The molecular formula is C25H32N4O3. The fourth-order valence-electron chi connectivity index (χ4n) is 4.86. The first-order valence-electron chi connectivity index (χ1n) is 11.3. The first kappa shape index (κ1) is 22.1. The van der Waals surface area contributed by atoms with E-state index >= 15 is 0 Å². The number of nitrogens with one attached hydrogen (secondary N) is 2. The maximum atomic E-state index is 12.8. The number of urea groups is 1. The predicted molar refractivity (Wildman–Crippen MR) is 126 cm³/mol. The Morgan fingerprint density at radius 1 is 1.19 bits per heavy atom. The van der Waals surface area contributed by atoms with Gasteiger partial charge in [-0.15, -0.1) is 0 Å². The van der Waals surface area contributed by atoms with Gasteiger partial charge in [0.1, 0.15) is 5.75 Å². The van der Waals surface area contributed by atoms with E-state index < -0.39 is 0 Å². The predicted octanol–water partition coefficient (Wildman–Crippen LogP) is 4.32. The Morgan fingerprint density at radius 2 is 1.94 bits per heavy atom. The zero-order chi connectivity index (χ0) is 22.8. The lowest BCUT2D eigenvalue weighted by Crippen LogP contribution is -2.47. The van der Waals surface area contributed by atoms with Crippen LogP contribution in [0.3, 0.4) is 0 Å². The van der Waals surface area contributed by atoms with Crippen molar-refractivity contribution in [3.05, 3.63) is 52.6 Å². The van der Waals surface area contributed by atoms with E-state index in [0.717, 1.165) is 65.1 Å². The number of fused-ring (bicyclic) bond motifs is 1. The van der Waals surface area contributed by atoms with Crippen molar-refractivity contribution in [2.24, 2.45) is 11.7 Å². The Balaban J connectivity index is 1.38. The molecule has 2 aromatic carbocycles. The molecule has 7 nitrogen and oxygen atoms in total. The molecule has 0 bridgehead atoms. The monoisotopic (exact) mass is 436 g/mol. The molecule has 2 aliphatic rings. The summed E-state index contributed by atoms with van der Waals surface area (Å²) in [7, 11) is 1.63. The Hall–Kier alpha value is -3.06. The molecule has 0 radical (unpaired) electrons. The molecule has 0 unspecified atom stereocenters. The number of carbonyl (C=O) groups is 2. The minimum Gasteiger partial charge on any atom is -0.496 e. The van der Waals surface area contributed by atoms with Crippen molar-refractivity contribution < 1.29 is 14.3 Å². The third-order valence-corrected chi connectivity index (χ3v) is 6.95. The van der Waals surface area contributed by atoms with Gasteiger partial charge in [0.2, 0.25) is 5.91 Å². The highest BCUT2D eigenvalue weighted by Crippen LogP contribution is 2.35. The van der Waals surface area contributed by atoms with Crippen molar-refractivity contribution >= 4 is 23.3 Å². The summed E-state index contributed by atoms with van der Waals surface area (Å²) in [6, 6.07) is 9.69. The van der Waals surface area contributed by atoms with Gasteiger partial charge in [-0.1, -0.05) is 12.1 Å².